The molecule has 1 aliphatic heterocycles. The summed E-state index contributed by atoms with van der Waals surface area (Å²) in [6.45, 7) is -0.510. The summed E-state index contributed by atoms with van der Waals surface area (Å²) in [6, 6.07) is 15.6. The first-order chi connectivity index (χ1) is 21.8. The highest BCUT2D eigenvalue weighted by Gasteiger charge is 2.54. The highest BCUT2D eigenvalue weighted by molar-refractivity contribution is 6.02. The van der Waals surface area contributed by atoms with Crippen LogP contribution in [0.25, 0.3) is 0 Å². The Morgan fingerprint density at radius 1 is 0.935 bits per heavy atom. The van der Waals surface area contributed by atoms with E-state index in [2.05, 4.69) is 20.1 Å². The Bertz CT molecular complexity index is 1580. The molecule has 1 fully saturated rings. The summed E-state index contributed by atoms with van der Waals surface area (Å²) in [4.78, 5) is 38.1. The average Bonchev–Trinajstić information content (AvgIpc) is 3.02. The SMILES string of the molecule is O=C(NC[C@@H](O)C(=O)O)c1ccc(CN(C(=O)Nc2ccc3c(c2)C(F)(F)OC(F)(F)O3)c2ccc(C3CCCCC3)cc2)cc1. The van der Waals surface area contributed by atoms with Crippen molar-refractivity contribution in [3.05, 3.63) is 89.0 Å². The van der Waals surface area contributed by atoms with Gasteiger partial charge in [0.05, 0.1) is 18.7 Å². The zero-order chi connectivity index (χ0) is 33.1. The van der Waals surface area contributed by atoms with E-state index in [1.165, 1.54) is 23.5 Å². The molecule has 1 saturated carbocycles. The van der Waals surface area contributed by atoms with Crippen LogP contribution in [0.15, 0.2) is 66.7 Å². The molecule has 10 nitrogen and oxygen atoms in total. The van der Waals surface area contributed by atoms with Crippen molar-refractivity contribution in [2.24, 2.45) is 0 Å². The maximum absolute atomic E-state index is 14.4. The monoisotopic (exact) mass is 645 g/mol. The second-order valence-electron chi connectivity index (χ2n) is 11.1. The van der Waals surface area contributed by atoms with E-state index in [0.29, 0.717) is 17.2 Å². The van der Waals surface area contributed by atoms with Crippen molar-refractivity contribution in [3.63, 3.8) is 0 Å². The fourth-order valence-electron chi connectivity index (χ4n) is 5.43. The summed E-state index contributed by atoms with van der Waals surface area (Å²) < 4.78 is 63.3. The predicted octanol–water partition coefficient (Wildman–Crippen LogP) is 6.16. The van der Waals surface area contributed by atoms with E-state index in [1.54, 1.807) is 24.3 Å². The van der Waals surface area contributed by atoms with Gasteiger partial charge in [-0.15, -0.1) is 8.78 Å². The summed E-state index contributed by atoms with van der Waals surface area (Å²) in [5, 5.41) is 23.0. The Morgan fingerprint density at radius 3 is 2.26 bits per heavy atom. The van der Waals surface area contributed by atoms with Crippen LogP contribution < -0.4 is 20.3 Å². The number of nitrogens with zero attached hydrogens (tertiary/aromatic N) is 1. The number of carbonyl (C=O) groups is 3. The quantitative estimate of drug-likeness (QED) is 0.205. The maximum Gasteiger partial charge on any atom is 0.540 e. The van der Waals surface area contributed by atoms with E-state index in [1.807, 2.05) is 12.1 Å². The number of anilines is 2. The number of carbonyl (C=O) groups excluding carboxylic acids is 2. The van der Waals surface area contributed by atoms with Crippen LogP contribution in [-0.2, 0) is 22.2 Å². The number of aliphatic hydroxyl groups excluding tert-OH is 1. The van der Waals surface area contributed by atoms with Crippen molar-refractivity contribution in [2.45, 2.75) is 63.1 Å². The van der Waals surface area contributed by atoms with Gasteiger partial charge in [0.25, 0.3) is 5.91 Å². The minimum Gasteiger partial charge on any atom is -0.479 e. The van der Waals surface area contributed by atoms with Crippen molar-refractivity contribution in [2.75, 3.05) is 16.8 Å². The van der Waals surface area contributed by atoms with E-state index in [4.69, 9.17) is 5.11 Å². The summed E-state index contributed by atoms with van der Waals surface area (Å²) >= 11 is 0. The number of halogens is 4. The minimum absolute atomic E-state index is 0.0201. The first-order valence-corrected chi connectivity index (χ1v) is 14.6. The molecule has 5 rings (SSSR count). The van der Waals surface area contributed by atoms with Crippen LogP contribution in [0, 0.1) is 0 Å². The molecule has 0 bridgehead atoms. The zero-order valence-electron chi connectivity index (χ0n) is 24.4. The predicted molar refractivity (Wildman–Crippen MR) is 157 cm³/mol. The molecule has 1 aliphatic carbocycles. The molecule has 2 aliphatic rings. The average molecular weight is 646 g/mol. The van der Waals surface area contributed by atoms with Crippen molar-refractivity contribution in [1.82, 2.24) is 5.32 Å². The number of aliphatic hydroxyl groups is 1. The molecule has 0 unspecified atom stereocenters. The third-order valence-electron chi connectivity index (χ3n) is 7.84. The van der Waals surface area contributed by atoms with E-state index < -0.39 is 54.3 Å². The Kier molecular flexibility index (Phi) is 9.49. The number of urea groups is 1. The number of fused-ring (bicyclic) bond motifs is 1. The molecule has 3 aromatic carbocycles. The number of alkyl halides is 4. The standard InChI is InChI=1S/C32H31F4N3O7/c33-31(34)25-16-23(12-15-27(25)45-32(35,36)46-31)38-30(44)39(24-13-10-21(11-14-24)20-4-2-1-3-5-20)18-19-6-8-22(9-7-19)28(41)37-17-26(40)29(42)43/h6-16,20,26,40H,1-5,17-18H2,(H,37,41)(H,38,44)(H,42,43)/t26-/m1/s1. The lowest BCUT2D eigenvalue weighted by Crippen LogP contribution is -2.41. The number of ether oxygens (including phenoxy) is 2. The Balaban J connectivity index is 1.37. The third kappa shape index (κ3) is 7.74. The Morgan fingerprint density at radius 2 is 1.61 bits per heavy atom. The van der Waals surface area contributed by atoms with Gasteiger partial charge >= 0.3 is 24.4 Å². The van der Waals surface area contributed by atoms with E-state index in [0.717, 1.165) is 49.4 Å². The number of benzene rings is 3. The number of rotatable bonds is 9. The van der Waals surface area contributed by atoms with Gasteiger partial charge in [0, 0.05) is 16.9 Å². The molecule has 0 saturated heterocycles. The fraction of sp³-hybridized carbons (Fsp3) is 0.344. The Hall–Kier alpha value is -4.69. The first-order valence-electron chi connectivity index (χ1n) is 14.6. The minimum atomic E-state index is -4.53. The first kappa shape index (κ1) is 32.7. The molecule has 3 aromatic rings. The number of aliphatic carboxylic acids is 1. The molecule has 1 atom stereocenters. The number of carboxylic acids is 1. The normalized spacial score (nSPS) is 17.6. The molecule has 1 heterocycles. The molecule has 46 heavy (non-hydrogen) atoms. The largest absolute Gasteiger partial charge is 0.540 e. The number of carboxylic acid groups (broad SMARTS) is 1. The number of nitrogens with one attached hydrogen (secondary N) is 2. The van der Waals surface area contributed by atoms with Crippen LogP contribution in [0.2, 0.25) is 0 Å². The Labute approximate surface area is 260 Å². The second-order valence-corrected chi connectivity index (χ2v) is 11.1. The maximum atomic E-state index is 14.4. The lowest BCUT2D eigenvalue weighted by Gasteiger charge is -2.31. The molecule has 0 aromatic heterocycles. The summed E-state index contributed by atoms with van der Waals surface area (Å²) in [5.41, 5.74) is 1.27. The molecule has 0 spiro atoms. The van der Waals surface area contributed by atoms with Crippen molar-refractivity contribution >= 4 is 29.3 Å². The number of hydrogen-bond donors (Lipinski definition) is 4. The van der Waals surface area contributed by atoms with Crippen molar-refractivity contribution in [1.29, 1.82) is 0 Å². The van der Waals surface area contributed by atoms with Crippen LogP contribution >= 0.6 is 0 Å². The summed E-state index contributed by atoms with van der Waals surface area (Å²) in [7, 11) is 0. The van der Waals surface area contributed by atoms with Crippen molar-refractivity contribution in [3.8, 4) is 5.75 Å². The van der Waals surface area contributed by atoms with E-state index in [-0.39, 0.29) is 17.8 Å². The van der Waals surface area contributed by atoms with Gasteiger partial charge in [-0.3, -0.25) is 9.69 Å². The van der Waals surface area contributed by atoms with Gasteiger partial charge in [-0.25, -0.2) is 14.3 Å². The molecule has 3 amide bonds. The molecule has 4 N–H and O–H groups in total. The smallest absolute Gasteiger partial charge is 0.479 e. The highest BCUT2D eigenvalue weighted by Crippen LogP contribution is 2.47. The topological polar surface area (TPSA) is 137 Å². The fourth-order valence-corrected chi connectivity index (χ4v) is 5.43. The van der Waals surface area contributed by atoms with Gasteiger partial charge < -0.3 is 25.6 Å². The molecular weight excluding hydrogens is 614 g/mol. The van der Waals surface area contributed by atoms with Crippen molar-refractivity contribution < 1.29 is 51.6 Å². The lowest BCUT2D eigenvalue weighted by molar-refractivity contribution is -0.461. The molecule has 244 valence electrons. The van der Waals surface area contributed by atoms with Crippen LogP contribution in [0.3, 0.4) is 0 Å². The summed E-state index contributed by atoms with van der Waals surface area (Å²) in [5.74, 6) is -2.48. The number of hydrogen-bond acceptors (Lipinski definition) is 6. The molecule has 0 radical (unpaired) electrons. The van der Waals surface area contributed by atoms with Gasteiger partial charge in [0.2, 0.25) is 0 Å². The summed E-state index contributed by atoms with van der Waals surface area (Å²) in [6.07, 6.45) is -5.05. The van der Waals surface area contributed by atoms with Crippen LogP contribution in [0.1, 0.15) is 65.1 Å². The molecule has 14 heteroatoms. The second kappa shape index (κ2) is 13.3. The van der Waals surface area contributed by atoms with Gasteiger partial charge in [-0.2, -0.15) is 8.78 Å². The lowest BCUT2D eigenvalue weighted by atomic mass is 9.84. The van der Waals surface area contributed by atoms with E-state index >= 15 is 0 Å². The zero-order valence-corrected chi connectivity index (χ0v) is 24.4. The van der Waals surface area contributed by atoms with Gasteiger partial charge in [0.15, 0.2) is 6.10 Å². The van der Waals surface area contributed by atoms with Crippen LogP contribution in [-0.4, -0.2) is 47.1 Å². The van der Waals surface area contributed by atoms with E-state index in [9.17, 15) is 37.1 Å². The van der Waals surface area contributed by atoms with Crippen LogP contribution in [0.5, 0.6) is 5.75 Å². The molecular formula is C32H31F4N3O7. The third-order valence-corrected chi connectivity index (χ3v) is 7.84. The highest BCUT2D eigenvalue weighted by atomic mass is 19.3. The van der Waals surface area contributed by atoms with Gasteiger partial charge in [-0.05, 0) is 72.4 Å². The van der Waals surface area contributed by atoms with Crippen LogP contribution in [0.4, 0.5) is 33.7 Å². The van der Waals surface area contributed by atoms with Gasteiger partial charge in [-0.1, -0.05) is 43.5 Å². The number of amides is 3. The van der Waals surface area contributed by atoms with Gasteiger partial charge in [0.1, 0.15) is 5.75 Å².